The van der Waals surface area contributed by atoms with Crippen LogP contribution < -0.4 is 5.32 Å². The molecule has 0 aliphatic heterocycles. The maximum Gasteiger partial charge on any atom is 0.330 e. The number of rotatable bonds is 7. The Kier molecular flexibility index (Phi) is 5.73. The fourth-order valence-corrected chi connectivity index (χ4v) is 2.74. The number of carbonyl (C=O) groups is 2. The molecule has 0 fully saturated rings. The molecule has 1 atom stereocenters. The summed E-state index contributed by atoms with van der Waals surface area (Å²) in [6, 6.07) is 9.45. The van der Waals surface area contributed by atoms with Crippen LogP contribution in [0.15, 0.2) is 36.4 Å². The number of carboxylic acid groups (broad SMARTS) is 1. The zero-order valence-electron chi connectivity index (χ0n) is 14.2. The molecule has 0 saturated heterocycles. The monoisotopic (exact) mass is 329 g/mol. The molecule has 0 bridgehead atoms. The lowest BCUT2D eigenvalue weighted by molar-refractivity contribution is -0.139. The van der Waals surface area contributed by atoms with Crippen molar-refractivity contribution in [1.29, 1.82) is 0 Å². The number of hydrogen-bond donors (Lipinski definition) is 2. The van der Waals surface area contributed by atoms with Crippen LogP contribution >= 0.6 is 0 Å². The van der Waals surface area contributed by atoms with Crippen LogP contribution in [0.2, 0.25) is 0 Å². The van der Waals surface area contributed by atoms with Crippen LogP contribution in [-0.4, -0.2) is 26.8 Å². The van der Waals surface area contributed by atoms with Crippen LogP contribution in [0.3, 0.4) is 0 Å². The molecule has 0 spiro atoms. The average molecular weight is 329 g/mol. The summed E-state index contributed by atoms with van der Waals surface area (Å²) in [6.45, 7) is 6.05. The zero-order chi connectivity index (χ0) is 17.7. The van der Waals surface area contributed by atoms with Crippen molar-refractivity contribution >= 4 is 11.9 Å². The summed E-state index contributed by atoms with van der Waals surface area (Å²) in [5.74, 6) is -1.59. The Morgan fingerprint density at radius 3 is 2.38 bits per heavy atom. The molecule has 0 radical (unpaired) electrons. The SMILES string of the molecule is CCC(CC)n1nc(C(=O)NC(C(=O)O)c2ccccc2)cc1C. The first-order valence-electron chi connectivity index (χ1n) is 8.12. The molecule has 1 aromatic carbocycles. The van der Waals surface area contributed by atoms with E-state index in [-0.39, 0.29) is 11.7 Å². The Bertz CT molecular complexity index is 706. The number of carboxylic acids is 1. The van der Waals surface area contributed by atoms with Gasteiger partial charge < -0.3 is 10.4 Å². The first kappa shape index (κ1) is 17.7. The van der Waals surface area contributed by atoms with Crippen LogP contribution in [-0.2, 0) is 4.79 Å². The van der Waals surface area contributed by atoms with E-state index in [9.17, 15) is 14.7 Å². The van der Waals surface area contributed by atoms with E-state index >= 15 is 0 Å². The molecule has 0 aliphatic rings. The first-order valence-corrected chi connectivity index (χ1v) is 8.12. The van der Waals surface area contributed by atoms with Crippen molar-refractivity contribution in [1.82, 2.24) is 15.1 Å². The van der Waals surface area contributed by atoms with Crippen LogP contribution in [0.4, 0.5) is 0 Å². The third-order valence-electron chi connectivity index (χ3n) is 4.10. The molecule has 1 heterocycles. The van der Waals surface area contributed by atoms with Gasteiger partial charge in [0.15, 0.2) is 6.04 Å². The third kappa shape index (κ3) is 3.82. The van der Waals surface area contributed by atoms with Gasteiger partial charge in [0.05, 0.1) is 6.04 Å². The Morgan fingerprint density at radius 2 is 1.83 bits per heavy atom. The Balaban J connectivity index is 2.22. The second-order valence-corrected chi connectivity index (χ2v) is 5.74. The Morgan fingerprint density at radius 1 is 1.21 bits per heavy atom. The normalized spacial score (nSPS) is 12.2. The number of aromatic nitrogens is 2. The summed E-state index contributed by atoms with van der Waals surface area (Å²) in [5, 5.41) is 16.3. The van der Waals surface area contributed by atoms with Crippen molar-refractivity contribution in [2.45, 2.75) is 45.7 Å². The lowest BCUT2D eigenvalue weighted by Gasteiger charge is -2.15. The van der Waals surface area contributed by atoms with Crippen LogP contribution in [0.25, 0.3) is 0 Å². The van der Waals surface area contributed by atoms with Crippen molar-refractivity contribution in [3.8, 4) is 0 Å². The molecule has 2 aromatic rings. The molecule has 1 unspecified atom stereocenters. The second-order valence-electron chi connectivity index (χ2n) is 5.74. The van der Waals surface area contributed by atoms with E-state index in [1.54, 1.807) is 36.4 Å². The molecular formula is C18H23N3O3. The van der Waals surface area contributed by atoms with Gasteiger partial charge in [-0.2, -0.15) is 5.10 Å². The molecule has 2 N–H and O–H groups in total. The smallest absolute Gasteiger partial charge is 0.330 e. The van der Waals surface area contributed by atoms with Crippen molar-refractivity contribution in [3.05, 3.63) is 53.3 Å². The van der Waals surface area contributed by atoms with Gasteiger partial charge in [-0.15, -0.1) is 0 Å². The molecule has 6 nitrogen and oxygen atoms in total. The molecule has 2 rings (SSSR count). The van der Waals surface area contributed by atoms with Gasteiger partial charge in [-0.25, -0.2) is 4.79 Å². The Hall–Kier alpha value is -2.63. The predicted octanol–water partition coefficient (Wildman–Crippen LogP) is 3.11. The van der Waals surface area contributed by atoms with Gasteiger partial charge in [0.1, 0.15) is 5.69 Å². The highest BCUT2D eigenvalue weighted by Crippen LogP contribution is 2.19. The highest BCUT2D eigenvalue weighted by molar-refractivity contribution is 5.95. The second kappa shape index (κ2) is 7.77. The van der Waals surface area contributed by atoms with Crippen LogP contribution in [0, 0.1) is 6.92 Å². The van der Waals surface area contributed by atoms with Gasteiger partial charge in [0, 0.05) is 5.69 Å². The number of nitrogens with one attached hydrogen (secondary N) is 1. The molecule has 0 saturated carbocycles. The highest BCUT2D eigenvalue weighted by Gasteiger charge is 2.24. The summed E-state index contributed by atoms with van der Waals surface area (Å²) in [7, 11) is 0. The standard InChI is InChI=1S/C18H23N3O3/c1-4-14(5-2)21-12(3)11-15(20-21)17(22)19-16(18(23)24)13-9-7-6-8-10-13/h6-11,14,16H,4-5H2,1-3H3,(H,19,22)(H,23,24). The van der Waals surface area contributed by atoms with Gasteiger partial charge in [-0.1, -0.05) is 44.2 Å². The summed E-state index contributed by atoms with van der Waals surface area (Å²) in [4.78, 5) is 23.9. The van der Waals surface area contributed by atoms with Crippen molar-refractivity contribution in [3.63, 3.8) is 0 Å². The van der Waals surface area contributed by atoms with Crippen molar-refractivity contribution in [2.75, 3.05) is 0 Å². The van der Waals surface area contributed by atoms with Crippen LogP contribution in [0.1, 0.15) is 60.5 Å². The topological polar surface area (TPSA) is 84.2 Å². The minimum absolute atomic E-state index is 0.232. The van der Waals surface area contributed by atoms with Crippen LogP contribution in [0.5, 0.6) is 0 Å². The lowest BCUT2D eigenvalue weighted by Crippen LogP contribution is -2.34. The van der Waals surface area contributed by atoms with E-state index in [4.69, 9.17) is 0 Å². The predicted molar refractivity (Wildman–Crippen MR) is 90.9 cm³/mol. The van der Waals surface area contributed by atoms with Gasteiger partial charge in [-0.05, 0) is 31.4 Å². The Labute approximate surface area is 141 Å². The fourth-order valence-electron chi connectivity index (χ4n) is 2.74. The van der Waals surface area contributed by atoms with E-state index in [0.29, 0.717) is 5.56 Å². The largest absolute Gasteiger partial charge is 0.479 e. The maximum absolute atomic E-state index is 12.4. The number of hydrogen-bond acceptors (Lipinski definition) is 3. The van der Waals surface area contributed by atoms with Gasteiger partial charge in [0.25, 0.3) is 5.91 Å². The third-order valence-corrected chi connectivity index (χ3v) is 4.10. The summed E-state index contributed by atoms with van der Waals surface area (Å²) in [5.41, 5.74) is 1.65. The quantitative estimate of drug-likeness (QED) is 0.817. The number of nitrogens with zero attached hydrogens (tertiary/aromatic N) is 2. The first-order chi connectivity index (χ1) is 11.5. The molecule has 24 heavy (non-hydrogen) atoms. The van der Waals surface area contributed by atoms with E-state index < -0.39 is 17.9 Å². The summed E-state index contributed by atoms with van der Waals surface area (Å²) < 4.78 is 1.84. The molecule has 1 amide bonds. The van der Waals surface area contributed by atoms with Gasteiger partial charge in [0.2, 0.25) is 0 Å². The molecule has 6 heteroatoms. The number of carbonyl (C=O) groups excluding carboxylic acids is 1. The molecule has 1 aromatic heterocycles. The van der Waals surface area contributed by atoms with E-state index in [2.05, 4.69) is 24.3 Å². The maximum atomic E-state index is 12.4. The average Bonchev–Trinajstić information content (AvgIpc) is 2.96. The summed E-state index contributed by atoms with van der Waals surface area (Å²) in [6.07, 6.45) is 1.84. The number of aliphatic carboxylic acids is 1. The number of amides is 1. The van der Waals surface area contributed by atoms with E-state index in [0.717, 1.165) is 18.5 Å². The zero-order valence-corrected chi connectivity index (χ0v) is 14.2. The van der Waals surface area contributed by atoms with Gasteiger partial charge in [-0.3, -0.25) is 9.48 Å². The summed E-state index contributed by atoms with van der Waals surface area (Å²) >= 11 is 0. The molecule has 128 valence electrons. The molecular weight excluding hydrogens is 306 g/mol. The van der Waals surface area contributed by atoms with Crippen molar-refractivity contribution < 1.29 is 14.7 Å². The number of aryl methyl sites for hydroxylation is 1. The lowest BCUT2D eigenvalue weighted by atomic mass is 10.1. The van der Waals surface area contributed by atoms with Gasteiger partial charge >= 0.3 is 5.97 Å². The fraction of sp³-hybridized carbons (Fsp3) is 0.389. The highest BCUT2D eigenvalue weighted by atomic mass is 16.4. The number of benzene rings is 1. The minimum Gasteiger partial charge on any atom is -0.479 e. The van der Waals surface area contributed by atoms with Crippen molar-refractivity contribution in [2.24, 2.45) is 0 Å². The van der Waals surface area contributed by atoms with E-state index in [1.807, 2.05) is 11.6 Å². The minimum atomic E-state index is -1.11. The molecule has 0 aliphatic carbocycles. The van der Waals surface area contributed by atoms with E-state index in [1.165, 1.54) is 0 Å².